The van der Waals surface area contributed by atoms with E-state index in [1.807, 2.05) is 6.92 Å². The van der Waals surface area contributed by atoms with E-state index in [9.17, 15) is 9.59 Å². The van der Waals surface area contributed by atoms with E-state index in [1.165, 1.54) is 0 Å². The molecular weight excluding hydrogens is 292 g/mol. The fraction of sp³-hybridized carbons (Fsp3) is 0.500. The topological polar surface area (TPSA) is 52.6 Å². The van der Waals surface area contributed by atoms with E-state index >= 15 is 0 Å². The molecule has 0 unspecified atom stereocenters. The van der Waals surface area contributed by atoms with Gasteiger partial charge in [0.25, 0.3) is 0 Å². The smallest absolute Gasteiger partial charge is 0.311 e. The second-order valence-corrected chi connectivity index (χ2v) is 5.69. The van der Waals surface area contributed by atoms with Crippen LogP contribution in [0.3, 0.4) is 0 Å². The summed E-state index contributed by atoms with van der Waals surface area (Å²) in [5.74, 6) is -0.336. The van der Waals surface area contributed by atoms with Crippen LogP contribution in [-0.4, -0.2) is 18.0 Å². The average Bonchev–Trinajstić information content (AvgIpc) is 2.93. The van der Waals surface area contributed by atoms with Gasteiger partial charge in [-0.05, 0) is 56.4 Å². The zero-order valence-corrected chi connectivity index (χ0v) is 12.8. The van der Waals surface area contributed by atoms with Crippen LogP contribution in [0.5, 0.6) is 5.75 Å². The van der Waals surface area contributed by atoms with E-state index in [4.69, 9.17) is 21.1 Å². The van der Waals surface area contributed by atoms with Crippen LogP contribution in [0.15, 0.2) is 18.2 Å². The minimum absolute atomic E-state index is 0.0211. The van der Waals surface area contributed by atoms with Crippen molar-refractivity contribution < 1.29 is 19.1 Å². The number of aryl methyl sites for hydroxylation is 1. The molecule has 4 nitrogen and oxygen atoms in total. The van der Waals surface area contributed by atoms with Crippen LogP contribution < -0.4 is 4.74 Å². The Bertz CT molecular complexity index is 521. The van der Waals surface area contributed by atoms with Crippen molar-refractivity contribution in [1.82, 2.24) is 0 Å². The van der Waals surface area contributed by atoms with E-state index in [1.54, 1.807) is 18.2 Å². The molecule has 0 amide bonds. The molecule has 0 saturated heterocycles. The van der Waals surface area contributed by atoms with Crippen LogP contribution in [-0.2, 0) is 14.3 Å². The van der Waals surface area contributed by atoms with Gasteiger partial charge in [-0.2, -0.15) is 0 Å². The predicted octanol–water partition coefficient (Wildman–Crippen LogP) is 3.82. The largest absolute Gasteiger partial charge is 0.462 e. The van der Waals surface area contributed by atoms with Crippen molar-refractivity contribution >= 4 is 23.5 Å². The second kappa shape index (κ2) is 7.46. The molecule has 5 heteroatoms. The van der Waals surface area contributed by atoms with Gasteiger partial charge in [0.1, 0.15) is 11.9 Å². The standard InChI is InChI=1S/C16H19ClO4/c1-11-10-13(6-7-14(11)17)21-16(19)9-8-15(18)20-12-4-2-3-5-12/h6-7,10,12H,2-5,8-9H2,1H3. The monoisotopic (exact) mass is 310 g/mol. The highest BCUT2D eigenvalue weighted by molar-refractivity contribution is 6.31. The van der Waals surface area contributed by atoms with Gasteiger partial charge in [-0.3, -0.25) is 9.59 Å². The summed E-state index contributed by atoms with van der Waals surface area (Å²) in [6.45, 7) is 1.83. The molecule has 0 heterocycles. The number of ether oxygens (including phenoxy) is 2. The summed E-state index contributed by atoms with van der Waals surface area (Å²) in [4.78, 5) is 23.3. The molecule has 2 rings (SSSR count). The third-order valence-corrected chi connectivity index (χ3v) is 3.92. The number of hydrogen-bond donors (Lipinski definition) is 0. The highest BCUT2D eigenvalue weighted by Gasteiger charge is 2.19. The molecule has 0 N–H and O–H groups in total. The summed E-state index contributed by atoms with van der Waals surface area (Å²) in [7, 11) is 0. The first-order chi connectivity index (χ1) is 10.0. The fourth-order valence-electron chi connectivity index (χ4n) is 2.32. The Labute approximate surface area is 129 Å². The third kappa shape index (κ3) is 5.05. The zero-order valence-electron chi connectivity index (χ0n) is 12.1. The first-order valence-corrected chi connectivity index (χ1v) is 7.58. The molecular formula is C16H19ClO4. The third-order valence-electron chi connectivity index (χ3n) is 3.49. The average molecular weight is 311 g/mol. The molecule has 0 bridgehead atoms. The summed E-state index contributed by atoms with van der Waals surface area (Å²) in [6.07, 6.45) is 4.19. The molecule has 1 fully saturated rings. The maximum atomic E-state index is 11.7. The van der Waals surface area contributed by atoms with E-state index in [0.717, 1.165) is 31.2 Å². The highest BCUT2D eigenvalue weighted by atomic mass is 35.5. The minimum atomic E-state index is -0.444. The molecule has 0 radical (unpaired) electrons. The van der Waals surface area contributed by atoms with Gasteiger partial charge in [0.15, 0.2) is 0 Å². The van der Waals surface area contributed by atoms with Crippen molar-refractivity contribution in [1.29, 1.82) is 0 Å². The van der Waals surface area contributed by atoms with Gasteiger partial charge in [-0.25, -0.2) is 0 Å². The van der Waals surface area contributed by atoms with Crippen LogP contribution in [0.1, 0.15) is 44.1 Å². The van der Waals surface area contributed by atoms with Gasteiger partial charge < -0.3 is 9.47 Å². The van der Waals surface area contributed by atoms with Gasteiger partial charge in [0.2, 0.25) is 0 Å². The lowest BCUT2D eigenvalue weighted by Gasteiger charge is -2.11. The van der Waals surface area contributed by atoms with Crippen LogP contribution in [0, 0.1) is 6.92 Å². The molecule has 1 aliphatic rings. The number of benzene rings is 1. The Hall–Kier alpha value is -1.55. The van der Waals surface area contributed by atoms with E-state index in [0.29, 0.717) is 10.8 Å². The van der Waals surface area contributed by atoms with Crippen molar-refractivity contribution in [3.05, 3.63) is 28.8 Å². The normalized spacial score (nSPS) is 15.0. The second-order valence-electron chi connectivity index (χ2n) is 5.28. The summed E-state index contributed by atoms with van der Waals surface area (Å²) in [5.41, 5.74) is 0.836. The number of rotatable bonds is 5. The number of halogens is 1. The van der Waals surface area contributed by atoms with E-state index < -0.39 is 5.97 Å². The molecule has 0 aromatic heterocycles. The fourth-order valence-corrected chi connectivity index (χ4v) is 2.44. The first-order valence-electron chi connectivity index (χ1n) is 7.21. The maximum absolute atomic E-state index is 11.7. The highest BCUT2D eigenvalue weighted by Crippen LogP contribution is 2.22. The maximum Gasteiger partial charge on any atom is 0.311 e. The van der Waals surface area contributed by atoms with Crippen LogP contribution in [0.4, 0.5) is 0 Å². The van der Waals surface area contributed by atoms with Crippen molar-refractivity contribution in [3.63, 3.8) is 0 Å². The van der Waals surface area contributed by atoms with Crippen LogP contribution >= 0.6 is 11.6 Å². The predicted molar refractivity (Wildman–Crippen MR) is 79.4 cm³/mol. The Balaban J connectivity index is 1.73. The molecule has 1 aromatic rings. The van der Waals surface area contributed by atoms with Crippen molar-refractivity contribution in [2.45, 2.75) is 51.6 Å². The minimum Gasteiger partial charge on any atom is -0.462 e. The quantitative estimate of drug-likeness (QED) is 0.613. The Morgan fingerprint density at radius 1 is 1.19 bits per heavy atom. The molecule has 0 aliphatic heterocycles. The molecule has 21 heavy (non-hydrogen) atoms. The molecule has 114 valence electrons. The molecule has 0 atom stereocenters. The number of carbonyl (C=O) groups is 2. The van der Waals surface area contributed by atoms with E-state index in [2.05, 4.69) is 0 Å². The van der Waals surface area contributed by atoms with Crippen molar-refractivity contribution in [3.8, 4) is 5.75 Å². The SMILES string of the molecule is Cc1cc(OC(=O)CCC(=O)OC2CCCC2)ccc1Cl. The Morgan fingerprint density at radius 3 is 2.52 bits per heavy atom. The summed E-state index contributed by atoms with van der Waals surface area (Å²) < 4.78 is 10.4. The Kier molecular flexibility index (Phi) is 5.62. The van der Waals surface area contributed by atoms with Gasteiger partial charge in [0.05, 0.1) is 12.8 Å². The zero-order chi connectivity index (χ0) is 15.2. The summed E-state index contributed by atoms with van der Waals surface area (Å²) in [5, 5.41) is 0.620. The lowest BCUT2D eigenvalue weighted by atomic mass is 10.2. The van der Waals surface area contributed by atoms with Crippen LogP contribution in [0.2, 0.25) is 5.02 Å². The first kappa shape index (κ1) is 15.8. The molecule has 0 spiro atoms. The molecule has 1 saturated carbocycles. The molecule has 1 aromatic carbocycles. The van der Waals surface area contributed by atoms with Gasteiger partial charge in [-0.15, -0.1) is 0 Å². The molecule has 1 aliphatic carbocycles. The number of esters is 2. The van der Waals surface area contributed by atoms with Gasteiger partial charge in [0, 0.05) is 5.02 Å². The van der Waals surface area contributed by atoms with Crippen molar-refractivity contribution in [2.75, 3.05) is 0 Å². The van der Waals surface area contributed by atoms with Crippen molar-refractivity contribution in [2.24, 2.45) is 0 Å². The Morgan fingerprint density at radius 2 is 1.86 bits per heavy atom. The lowest BCUT2D eigenvalue weighted by Crippen LogP contribution is -2.17. The van der Waals surface area contributed by atoms with Gasteiger partial charge >= 0.3 is 11.9 Å². The van der Waals surface area contributed by atoms with Gasteiger partial charge in [-0.1, -0.05) is 11.6 Å². The van der Waals surface area contributed by atoms with Crippen LogP contribution in [0.25, 0.3) is 0 Å². The number of carbonyl (C=O) groups excluding carboxylic acids is 2. The summed E-state index contributed by atoms with van der Waals surface area (Å²) >= 11 is 5.90. The summed E-state index contributed by atoms with van der Waals surface area (Å²) in [6, 6.07) is 5.00. The van der Waals surface area contributed by atoms with E-state index in [-0.39, 0.29) is 24.9 Å². The number of hydrogen-bond acceptors (Lipinski definition) is 4. The lowest BCUT2D eigenvalue weighted by molar-refractivity contribution is -0.151.